The van der Waals surface area contributed by atoms with Gasteiger partial charge in [-0.25, -0.2) is 0 Å². The van der Waals surface area contributed by atoms with E-state index in [4.69, 9.17) is 16.3 Å². The predicted molar refractivity (Wildman–Crippen MR) is 81.1 cm³/mol. The van der Waals surface area contributed by atoms with E-state index in [1.807, 2.05) is 18.2 Å². The van der Waals surface area contributed by atoms with E-state index in [-0.39, 0.29) is 12.4 Å². The molecule has 1 rings (SSSR count). The van der Waals surface area contributed by atoms with Crippen LogP contribution < -0.4 is 10.1 Å². The summed E-state index contributed by atoms with van der Waals surface area (Å²) >= 11 is 5.97. The van der Waals surface area contributed by atoms with Crippen LogP contribution in [0.1, 0.15) is 38.2 Å². The van der Waals surface area contributed by atoms with Crippen LogP contribution in [0.5, 0.6) is 5.75 Å². The first-order chi connectivity index (χ1) is 8.27. The number of halogens is 2. The largest absolute Gasteiger partial charge is 0.496 e. The average Bonchev–Trinajstić information content (AvgIpc) is 2.34. The summed E-state index contributed by atoms with van der Waals surface area (Å²) in [4.78, 5) is 0. The van der Waals surface area contributed by atoms with Gasteiger partial charge in [-0.1, -0.05) is 37.8 Å². The Balaban J connectivity index is 0.00000289. The van der Waals surface area contributed by atoms with Crippen LogP contribution >= 0.6 is 24.0 Å². The first-order valence-corrected chi connectivity index (χ1v) is 6.69. The molecule has 0 unspecified atom stereocenters. The molecule has 0 atom stereocenters. The summed E-state index contributed by atoms with van der Waals surface area (Å²) < 4.78 is 5.30. The monoisotopic (exact) mass is 291 g/mol. The van der Waals surface area contributed by atoms with Crippen molar-refractivity contribution >= 4 is 24.0 Å². The van der Waals surface area contributed by atoms with Crippen LogP contribution in [0.3, 0.4) is 0 Å². The minimum absolute atomic E-state index is 0. The van der Waals surface area contributed by atoms with Crippen LogP contribution in [0.25, 0.3) is 0 Å². The first-order valence-electron chi connectivity index (χ1n) is 6.31. The number of rotatable bonds is 8. The van der Waals surface area contributed by atoms with E-state index in [0.717, 1.165) is 29.4 Å². The normalized spacial score (nSPS) is 9.94. The van der Waals surface area contributed by atoms with E-state index in [1.54, 1.807) is 7.11 Å². The van der Waals surface area contributed by atoms with E-state index in [0.29, 0.717) is 0 Å². The fourth-order valence-electron chi connectivity index (χ4n) is 1.79. The Morgan fingerprint density at radius 1 is 1.22 bits per heavy atom. The molecule has 0 amide bonds. The van der Waals surface area contributed by atoms with Gasteiger partial charge in [0.2, 0.25) is 0 Å². The lowest BCUT2D eigenvalue weighted by atomic mass is 10.2. The minimum Gasteiger partial charge on any atom is -0.496 e. The predicted octanol–water partition coefficient (Wildman–Crippen LogP) is 4.44. The quantitative estimate of drug-likeness (QED) is 0.715. The highest BCUT2D eigenvalue weighted by Crippen LogP contribution is 2.22. The van der Waals surface area contributed by atoms with Crippen molar-refractivity contribution in [3.63, 3.8) is 0 Å². The Morgan fingerprint density at radius 2 is 2.00 bits per heavy atom. The van der Waals surface area contributed by atoms with Crippen molar-refractivity contribution in [2.24, 2.45) is 0 Å². The molecule has 4 heteroatoms. The molecule has 2 nitrogen and oxygen atoms in total. The number of nitrogens with one attached hydrogen (secondary N) is 1. The molecule has 0 aliphatic rings. The number of methoxy groups -OCH3 is 1. The summed E-state index contributed by atoms with van der Waals surface area (Å²) in [5.74, 6) is 0.899. The van der Waals surface area contributed by atoms with Gasteiger partial charge in [0.25, 0.3) is 0 Å². The van der Waals surface area contributed by atoms with Gasteiger partial charge < -0.3 is 10.1 Å². The fourth-order valence-corrected chi connectivity index (χ4v) is 1.98. The van der Waals surface area contributed by atoms with Crippen molar-refractivity contribution in [1.29, 1.82) is 0 Å². The molecule has 0 radical (unpaired) electrons. The van der Waals surface area contributed by atoms with E-state index in [2.05, 4.69) is 12.2 Å². The SMILES string of the molecule is CCCCCCNCc1cc(Cl)ccc1OC.Cl. The number of hydrogen-bond donors (Lipinski definition) is 1. The van der Waals surface area contributed by atoms with E-state index in [1.165, 1.54) is 25.7 Å². The molecule has 0 aromatic heterocycles. The molecule has 0 aliphatic carbocycles. The number of hydrogen-bond acceptors (Lipinski definition) is 2. The lowest BCUT2D eigenvalue weighted by molar-refractivity contribution is 0.407. The van der Waals surface area contributed by atoms with Gasteiger partial charge in [0.05, 0.1) is 7.11 Å². The molecule has 1 N–H and O–H groups in total. The van der Waals surface area contributed by atoms with Crippen LogP contribution in [-0.4, -0.2) is 13.7 Å². The van der Waals surface area contributed by atoms with Gasteiger partial charge in [0.15, 0.2) is 0 Å². The molecule has 0 spiro atoms. The molecule has 0 bridgehead atoms. The maximum Gasteiger partial charge on any atom is 0.123 e. The Morgan fingerprint density at radius 3 is 2.67 bits per heavy atom. The van der Waals surface area contributed by atoms with Gasteiger partial charge in [0.1, 0.15) is 5.75 Å². The standard InChI is InChI=1S/C14H22ClNO.ClH/c1-3-4-5-6-9-16-11-12-10-13(15)7-8-14(12)17-2;/h7-8,10,16H,3-6,9,11H2,1-2H3;1H. The van der Waals surface area contributed by atoms with Crippen molar-refractivity contribution in [3.05, 3.63) is 28.8 Å². The Kier molecular flexibility index (Phi) is 10.2. The van der Waals surface area contributed by atoms with Crippen molar-refractivity contribution < 1.29 is 4.74 Å². The molecular formula is C14H23Cl2NO. The maximum absolute atomic E-state index is 5.97. The molecule has 0 aliphatic heterocycles. The summed E-state index contributed by atoms with van der Waals surface area (Å²) in [5, 5.41) is 4.18. The zero-order chi connectivity index (χ0) is 12.5. The zero-order valence-electron chi connectivity index (χ0n) is 11.2. The van der Waals surface area contributed by atoms with E-state index >= 15 is 0 Å². The lowest BCUT2D eigenvalue weighted by Gasteiger charge is -2.10. The zero-order valence-corrected chi connectivity index (χ0v) is 12.7. The van der Waals surface area contributed by atoms with Gasteiger partial charge in [-0.15, -0.1) is 12.4 Å². The van der Waals surface area contributed by atoms with Crippen LogP contribution in [0.2, 0.25) is 5.02 Å². The van der Waals surface area contributed by atoms with Gasteiger partial charge >= 0.3 is 0 Å². The third kappa shape index (κ3) is 6.48. The molecule has 0 fully saturated rings. The van der Waals surface area contributed by atoms with E-state index < -0.39 is 0 Å². The summed E-state index contributed by atoms with van der Waals surface area (Å²) in [6.07, 6.45) is 5.14. The van der Waals surface area contributed by atoms with Crippen molar-refractivity contribution in [2.45, 2.75) is 39.2 Å². The van der Waals surface area contributed by atoms with Gasteiger partial charge in [0, 0.05) is 17.1 Å². The van der Waals surface area contributed by atoms with Gasteiger partial charge in [-0.3, -0.25) is 0 Å². The summed E-state index contributed by atoms with van der Waals surface area (Å²) in [6.45, 7) is 4.09. The second-order valence-electron chi connectivity index (χ2n) is 4.19. The summed E-state index contributed by atoms with van der Waals surface area (Å²) in [6, 6.07) is 5.72. The second kappa shape index (κ2) is 10.5. The molecule has 104 valence electrons. The summed E-state index contributed by atoms with van der Waals surface area (Å²) in [5.41, 5.74) is 1.12. The molecule has 1 aromatic rings. The lowest BCUT2D eigenvalue weighted by Crippen LogP contribution is -2.15. The van der Waals surface area contributed by atoms with Gasteiger partial charge in [-0.05, 0) is 31.2 Å². The van der Waals surface area contributed by atoms with Crippen LogP contribution in [0.15, 0.2) is 18.2 Å². The fraction of sp³-hybridized carbons (Fsp3) is 0.571. The number of ether oxygens (including phenoxy) is 1. The molecule has 0 saturated carbocycles. The molecule has 18 heavy (non-hydrogen) atoms. The van der Waals surface area contributed by atoms with Crippen LogP contribution in [0, 0.1) is 0 Å². The highest BCUT2D eigenvalue weighted by molar-refractivity contribution is 6.30. The van der Waals surface area contributed by atoms with E-state index in [9.17, 15) is 0 Å². The average molecular weight is 292 g/mol. The smallest absolute Gasteiger partial charge is 0.123 e. The second-order valence-corrected chi connectivity index (χ2v) is 4.63. The number of benzene rings is 1. The number of unbranched alkanes of at least 4 members (excludes halogenated alkanes) is 3. The highest BCUT2D eigenvalue weighted by atomic mass is 35.5. The maximum atomic E-state index is 5.97. The van der Waals surface area contributed by atoms with Crippen molar-refractivity contribution in [3.8, 4) is 5.75 Å². The Bertz CT molecular complexity index is 332. The van der Waals surface area contributed by atoms with Crippen LogP contribution in [0.4, 0.5) is 0 Å². The Hall–Kier alpha value is -0.440. The third-order valence-electron chi connectivity index (χ3n) is 2.77. The van der Waals surface area contributed by atoms with Crippen molar-refractivity contribution in [2.75, 3.05) is 13.7 Å². The van der Waals surface area contributed by atoms with Crippen LogP contribution in [-0.2, 0) is 6.54 Å². The summed E-state index contributed by atoms with van der Waals surface area (Å²) in [7, 11) is 1.69. The minimum atomic E-state index is 0. The topological polar surface area (TPSA) is 21.3 Å². The molecule has 1 aromatic carbocycles. The highest BCUT2D eigenvalue weighted by Gasteiger charge is 2.02. The third-order valence-corrected chi connectivity index (χ3v) is 3.00. The first kappa shape index (κ1) is 17.6. The molecule has 0 saturated heterocycles. The molecular weight excluding hydrogens is 269 g/mol. The Labute approximate surface area is 121 Å². The molecule has 0 heterocycles. The van der Waals surface area contributed by atoms with Gasteiger partial charge in [-0.2, -0.15) is 0 Å². The van der Waals surface area contributed by atoms with Crippen molar-refractivity contribution in [1.82, 2.24) is 5.32 Å².